The van der Waals surface area contributed by atoms with E-state index in [1.54, 1.807) is 0 Å². The summed E-state index contributed by atoms with van der Waals surface area (Å²) in [6, 6.07) is 40.8. The first kappa shape index (κ1) is 26.5. The van der Waals surface area contributed by atoms with Crippen LogP contribution in [0.3, 0.4) is 0 Å². The minimum Gasteiger partial charge on any atom is -0.398 e. The summed E-state index contributed by atoms with van der Waals surface area (Å²) in [4.78, 5) is 4.75. The average molecular weight is 533 g/mol. The second-order valence-corrected chi connectivity index (χ2v) is 11.5. The van der Waals surface area contributed by atoms with Crippen LogP contribution in [0.1, 0.15) is 54.2 Å². The molecule has 0 bridgehead atoms. The van der Waals surface area contributed by atoms with Crippen molar-refractivity contribution in [1.29, 1.82) is 0 Å². The second-order valence-electron chi connectivity index (χ2n) is 11.5. The van der Waals surface area contributed by atoms with Crippen molar-refractivity contribution in [2.45, 2.75) is 39.0 Å². The summed E-state index contributed by atoms with van der Waals surface area (Å²) in [6.45, 7) is 10.8. The maximum atomic E-state index is 6.76. The van der Waals surface area contributed by atoms with E-state index in [-0.39, 0.29) is 5.41 Å². The zero-order chi connectivity index (χ0) is 28.6. The van der Waals surface area contributed by atoms with Crippen LogP contribution in [-0.2, 0) is 18.3 Å². The molecule has 41 heavy (non-hydrogen) atoms. The quantitative estimate of drug-likeness (QED) is 0.164. The van der Waals surface area contributed by atoms with Crippen LogP contribution in [0.2, 0.25) is 0 Å². The van der Waals surface area contributed by atoms with Gasteiger partial charge in [-0.15, -0.1) is 0 Å². The van der Waals surface area contributed by atoms with Gasteiger partial charge in [-0.1, -0.05) is 124 Å². The van der Waals surface area contributed by atoms with Crippen LogP contribution in [0.25, 0.3) is 28.0 Å². The highest BCUT2D eigenvalue weighted by Crippen LogP contribution is 2.51. The van der Waals surface area contributed by atoms with Gasteiger partial charge in [0.25, 0.3) is 0 Å². The smallest absolute Gasteiger partial charge is 0.0633 e. The number of hydrogen-bond acceptors (Lipinski definition) is 2. The van der Waals surface area contributed by atoms with E-state index >= 15 is 0 Å². The molecule has 0 unspecified atom stereocenters. The number of nitrogens with two attached hydrogens (primary N) is 1. The maximum Gasteiger partial charge on any atom is 0.0633 e. The predicted molar refractivity (Wildman–Crippen MR) is 175 cm³/mol. The molecule has 0 fully saturated rings. The first-order valence-electron chi connectivity index (χ1n) is 14.3. The van der Waals surface area contributed by atoms with Crippen molar-refractivity contribution in [3.8, 4) is 22.3 Å². The van der Waals surface area contributed by atoms with Gasteiger partial charge in [-0.05, 0) is 82.0 Å². The van der Waals surface area contributed by atoms with E-state index in [0.29, 0.717) is 0 Å². The summed E-state index contributed by atoms with van der Waals surface area (Å²) in [7, 11) is 0. The summed E-state index contributed by atoms with van der Waals surface area (Å²) in [6.07, 6.45) is 1.87. The Balaban J connectivity index is 1.23. The van der Waals surface area contributed by atoms with Gasteiger partial charge >= 0.3 is 0 Å². The number of nitrogens with zero attached hydrogens (tertiary/aromatic N) is 1. The van der Waals surface area contributed by atoms with Crippen molar-refractivity contribution in [2.75, 3.05) is 5.73 Å². The topological polar surface area (TPSA) is 38.4 Å². The summed E-state index contributed by atoms with van der Waals surface area (Å²) in [5.41, 5.74) is 21.7. The highest BCUT2D eigenvalue weighted by Gasteiger charge is 2.35. The Hall–Kier alpha value is -4.69. The molecule has 0 aromatic heterocycles. The number of hydrogen-bond donors (Lipinski definition) is 1. The largest absolute Gasteiger partial charge is 0.398 e. The Morgan fingerprint density at radius 2 is 1.32 bits per heavy atom. The van der Waals surface area contributed by atoms with Crippen molar-refractivity contribution in [3.63, 3.8) is 0 Å². The third-order valence-electron chi connectivity index (χ3n) is 8.53. The Kier molecular flexibility index (Phi) is 6.93. The Bertz CT molecular complexity index is 1770. The zero-order valence-corrected chi connectivity index (χ0v) is 24.1. The van der Waals surface area contributed by atoms with Crippen molar-refractivity contribution >= 4 is 17.1 Å². The Morgan fingerprint density at radius 1 is 0.659 bits per heavy atom. The third kappa shape index (κ3) is 5.02. The van der Waals surface area contributed by atoms with E-state index in [9.17, 15) is 0 Å². The first-order valence-corrected chi connectivity index (χ1v) is 14.3. The van der Waals surface area contributed by atoms with Crippen LogP contribution >= 0.6 is 0 Å². The molecule has 2 nitrogen and oxygen atoms in total. The number of fused-ring (bicyclic) bond motifs is 3. The lowest BCUT2D eigenvalue weighted by atomic mass is 9.81. The average Bonchev–Trinajstić information content (AvgIpc) is 3.22. The van der Waals surface area contributed by atoms with Crippen molar-refractivity contribution in [3.05, 3.63) is 155 Å². The fraction of sp³-hybridized carbons (Fsp3) is 0.154. The molecule has 0 heterocycles. The van der Waals surface area contributed by atoms with Gasteiger partial charge in [0, 0.05) is 22.4 Å². The Morgan fingerprint density at radius 3 is 2.07 bits per heavy atom. The second kappa shape index (κ2) is 10.7. The highest BCUT2D eigenvalue weighted by atomic mass is 14.7. The molecule has 0 atom stereocenters. The molecule has 1 aliphatic carbocycles. The van der Waals surface area contributed by atoms with E-state index < -0.39 is 0 Å². The molecule has 2 heteroatoms. The van der Waals surface area contributed by atoms with E-state index in [1.165, 1.54) is 38.9 Å². The molecule has 1 aliphatic rings. The van der Waals surface area contributed by atoms with Crippen molar-refractivity contribution < 1.29 is 0 Å². The van der Waals surface area contributed by atoms with Crippen LogP contribution in [0.15, 0.2) is 127 Å². The predicted octanol–water partition coefficient (Wildman–Crippen LogP) is 9.51. The molecule has 5 aromatic rings. The fourth-order valence-electron chi connectivity index (χ4n) is 6.15. The fourth-order valence-corrected chi connectivity index (χ4v) is 6.15. The number of benzene rings is 5. The van der Waals surface area contributed by atoms with Gasteiger partial charge in [-0.25, -0.2) is 0 Å². The van der Waals surface area contributed by atoms with Crippen LogP contribution < -0.4 is 5.73 Å². The normalized spacial score (nSPS) is 13.5. The maximum absolute atomic E-state index is 6.76. The monoisotopic (exact) mass is 532 g/mol. The molecule has 0 radical (unpaired) electrons. The van der Waals surface area contributed by atoms with Crippen LogP contribution in [0.4, 0.5) is 5.69 Å². The molecule has 5 aromatic carbocycles. The molecule has 0 saturated carbocycles. The van der Waals surface area contributed by atoms with Crippen LogP contribution in [0.5, 0.6) is 0 Å². The molecule has 0 aliphatic heterocycles. The lowest BCUT2D eigenvalue weighted by Crippen LogP contribution is -2.15. The number of aliphatic imine (C=N–C) groups is 1. The van der Waals surface area contributed by atoms with E-state index in [4.69, 9.17) is 10.7 Å². The summed E-state index contributed by atoms with van der Waals surface area (Å²) in [5.74, 6) is 0. The number of aryl methyl sites for hydroxylation is 2. The SMILES string of the molecule is C=C(N=C(C)c1ccccc1)c1ccc(CCc2ccccc2-c2cc3c(cc2N)C(C)(C)c2ccccc2-3)cc1. The number of rotatable bonds is 7. The first-order chi connectivity index (χ1) is 19.8. The zero-order valence-electron chi connectivity index (χ0n) is 24.1. The number of anilines is 1. The van der Waals surface area contributed by atoms with Gasteiger partial charge in [0.1, 0.15) is 0 Å². The Labute approximate surface area is 243 Å². The molecule has 2 N–H and O–H groups in total. The van der Waals surface area contributed by atoms with Gasteiger partial charge in [-0.3, -0.25) is 4.99 Å². The number of nitrogen functional groups attached to an aromatic ring is 1. The van der Waals surface area contributed by atoms with Gasteiger partial charge in [-0.2, -0.15) is 0 Å². The van der Waals surface area contributed by atoms with Crippen LogP contribution in [-0.4, -0.2) is 5.71 Å². The summed E-state index contributed by atoms with van der Waals surface area (Å²) in [5, 5.41) is 0. The molecular weight excluding hydrogens is 496 g/mol. The van der Waals surface area contributed by atoms with Crippen LogP contribution in [0, 0.1) is 0 Å². The van der Waals surface area contributed by atoms with E-state index in [0.717, 1.165) is 46.6 Å². The molecule has 202 valence electrons. The third-order valence-corrected chi connectivity index (χ3v) is 8.53. The van der Waals surface area contributed by atoms with Gasteiger partial charge in [0.2, 0.25) is 0 Å². The lowest BCUT2D eigenvalue weighted by molar-refractivity contribution is 0.661. The van der Waals surface area contributed by atoms with Crippen molar-refractivity contribution in [2.24, 2.45) is 4.99 Å². The minimum atomic E-state index is -0.0545. The molecule has 0 spiro atoms. The molecule has 0 saturated heterocycles. The molecule has 0 amide bonds. The van der Waals surface area contributed by atoms with Crippen molar-refractivity contribution in [1.82, 2.24) is 0 Å². The minimum absolute atomic E-state index is 0.0545. The lowest BCUT2D eigenvalue weighted by Gasteiger charge is -2.22. The molecular formula is C39H36N2. The van der Waals surface area contributed by atoms with E-state index in [2.05, 4.69) is 117 Å². The summed E-state index contributed by atoms with van der Waals surface area (Å²) >= 11 is 0. The van der Waals surface area contributed by atoms with E-state index in [1.807, 2.05) is 25.1 Å². The van der Waals surface area contributed by atoms with Gasteiger partial charge < -0.3 is 5.73 Å². The molecule has 6 rings (SSSR count). The summed E-state index contributed by atoms with van der Waals surface area (Å²) < 4.78 is 0. The van der Waals surface area contributed by atoms with Gasteiger partial charge in [0.15, 0.2) is 0 Å². The standard InChI is InChI=1S/C39H36N2/c1-26(29-12-6-5-7-13-29)41-27(2)30-21-18-28(19-22-30)20-23-31-14-8-9-15-32(31)35-24-34-33-16-10-11-17-36(33)39(3,4)37(34)25-38(35)40/h5-19,21-22,24-25H,2,20,23,40H2,1,3-4H3. The highest BCUT2D eigenvalue weighted by molar-refractivity contribution is 6.01. The van der Waals surface area contributed by atoms with Gasteiger partial charge in [0.05, 0.1) is 5.70 Å².